The first-order valence-electron chi connectivity index (χ1n) is 6.67. The van der Waals surface area contributed by atoms with Gasteiger partial charge in [0.15, 0.2) is 0 Å². The maximum absolute atomic E-state index is 11.5. The molecule has 2 N–H and O–H groups in total. The second-order valence-corrected chi connectivity index (χ2v) is 4.64. The van der Waals surface area contributed by atoms with Crippen LogP contribution in [0.25, 0.3) is 10.9 Å². The maximum atomic E-state index is 11.5. The molecule has 108 valence electrons. The molecule has 1 aromatic carbocycles. The Balaban J connectivity index is 2.42. The first-order chi connectivity index (χ1) is 10.2. The Bertz CT molecular complexity index is 723. The maximum Gasteiger partial charge on any atom is 0.274 e. The zero-order chi connectivity index (χ0) is 15.2. The molecule has 0 fully saturated rings. The number of allylic oxidation sites excluding steroid dienone is 5. The summed E-state index contributed by atoms with van der Waals surface area (Å²) in [6.45, 7) is 6.37. The summed E-state index contributed by atoms with van der Waals surface area (Å²) in [6, 6.07) is 7.31. The van der Waals surface area contributed by atoms with Crippen LogP contribution >= 0.6 is 0 Å². The fourth-order valence-electron chi connectivity index (χ4n) is 2.25. The number of nitrogens with zero attached hydrogens (tertiary/aromatic N) is 1. The molecule has 0 saturated carbocycles. The highest BCUT2D eigenvalue weighted by Crippen LogP contribution is 2.19. The second kappa shape index (κ2) is 6.72. The van der Waals surface area contributed by atoms with Crippen LogP contribution in [0.3, 0.4) is 0 Å². The van der Waals surface area contributed by atoms with Gasteiger partial charge in [0.2, 0.25) is 0 Å². The van der Waals surface area contributed by atoms with Crippen molar-refractivity contribution in [3.05, 3.63) is 72.5 Å². The van der Waals surface area contributed by atoms with Gasteiger partial charge in [0.05, 0.1) is 0 Å². The van der Waals surface area contributed by atoms with E-state index in [1.165, 1.54) is 0 Å². The minimum atomic E-state index is -0.514. The standard InChI is InChI=1S/C17H18N2O2/c1-3-5-13(6-4-2)12-19-10-9-14-7-8-15(11-16(14)19)17(20)18-21/h3-11,21H,1,12H2,2H3,(H,18,20)/b6-4-,13-5+. The molecule has 0 aliphatic rings. The molecule has 0 atom stereocenters. The van der Waals surface area contributed by atoms with E-state index >= 15 is 0 Å². The summed E-state index contributed by atoms with van der Waals surface area (Å²) in [4.78, 5) is 11.5. The van der Waals surface area contributed by atoms with Crippen LogP contribution in [0.15, 0.2) is 66.9 Å². The SMILES string of the molecule is C=C/C=C(\C=C/C)Cn1ccc2ccc(C(=O)NO)cc21. The number of rotatable bonds is 5. The van der Waals surface area contributed by atoms with Crippen LogP contribution in [0, 0.1) is 0 Å². The van der Waals surface area contributed by atoms with E-state index < -0.39 is 5.91 Å². The predicted octanol–water partition coefficient (Wildman–Crippen LogP) is 3.45. The molecule has 0 spiro atoms. The zero-order valence-electron chi connectivity index (χ0n) is 11.9. The fourth-order valence-corrected chi connectivity index (χ4v) is 2.25. The molecule has 0 aliphatic heterocycles. The van der Waals surface area contributed by atoms with Crippen molar-refractivity contribution < 1.29 is 10.0 Å². The molecule has 0 radical (unpaired) electrons. The number of benzene rings is 1. The Morgan fingerprint density at radius 3 is 2.90 bits per heavy atom. The van der Waals surface area contributed by atoms with Gasteiger partial charge in [-0.25, -0.2) is 5.48 Å². The second-order valence-electron chi connectivity index (χ2n) is 4.64. The van der Waals surface area contributed by atoms with Crippen molar-refractivity contribution in [2.24, 2.45) is 0 Å². The van der Waals surface area contributed by atoms with Crippen molar-refractivity contribution >= 4 is 16.8 Å². The largest absolute Gasteiger partial charge is 0.343 e. The average molecular weight is 282 g/mol. The molecule has 0 unspecified atom stereocenters. The number of carbonyl (C=O) groups excluding carboxylic acids is 1. The van der Waals surface area contributed by atoms with Crippen molar-refractivity contribution in [1.29, 1.82) is 0 Å². The highest BCUT2D eigenvalue weighted by molar-refractivity contribution is 5.97. The smallest absolute Gasteiger partial charge is 0.274 e. The number of hydrogen-bond acceptors (Lipinski definition) is 2. The van der Waals surface area contributed by atoms with E-state index in [-0.39, 0.29) is 0 Å². The minimum Gasteiger partial charge on any atom is -0.343 e. The number of amides is 1. The van der Waals surface area contributed by atoms with E-state index in [9.17, 15) is 4.79 Å². The third kappa shape index (κ3) is 3.30. The topological polar surface area (TPSA) is 54.3 Å². The first kappa shape index (κ1) is 14.8. The van der Waals surface area contributed by atoms with E-state index in [1.54, 1.807) is 23.7 Å². The Hall–Kier alpha value is -2.59. The molecule has 0 saturated heterocycles. The van der Waals surface area contributed by atoms with Crippen LogP contribution in [0.4, 0.5) is 0 Å². The number of hydroxylamine groups is 1. The molecule has 2 aromatic rings. The molecule has 2 rings (SSSR count). The summed E-state index contributed by atoms with van der Waals surface area (Å²) >= 11 is 0. The predicted molar refractivity (Wildman–Crippen MR) is 84.3 cm³/mol. The van der Waals surface area contributed by atoms with Crippen LogP contribution in [-0.4, -0.2) is 15.7 Å². The van der Waals surface area contributed by atoms with Crippen LogP contribution in [-0.2, 0) is 6.54 Å². The Morgan fingerprint density at radius 2 is 2.24 bits per heavy atom. The molecule has 21 heavy (non-hydrogen) atoms. The molecule has 1 heterocycles. The highest BCUT2D eigenvalue weighted by Gasteiger charge is 2.08. The normalized spacial score (nSPS) is 12.0. The summed E-state index contributed by atoms with van der Waals surface area (Å²) in [7, 11) is 0. The molecule has 0 aliphatic carbocycles. The summed E-state index contributed by atoms with van der Waals surface area (Å²) in [6.07, 6.45) is 9.69. The van der Waals surface area contributed by atoms with Gasteiger partial charge in [-0.3, -0.25) is 10.0 Å². The van der Waals surface area contributed by atoms with Crippen LogP contribution < -0.4 is 5.48 Å². The summed E-state index contributed by atoms with van der Waals surface area (Å²) in [5.74, 6) is -0.514. The molecule has 1 amide bonds. The molecular formula is C17H18N2O2. The van der Waals surface area contributed by atoms with Gasteiger partial charge >= 0.3 is 0 Å². The van der Waals surface area contributed by atoms with E-state index in [2.05, 4.69) is 11.1 Å². The van der Waals surface area contributed by atoms with Crippen molar-refractivity contribution in [2.75, 3.05) is 0 Å². The van der Waals surface area contributed by atoms with Gasteiger partial charge in [-0.05, 0) is 36.1 Å². The van der Waals surface area contributed by atoms with E-state index in [0.717, 1.165) is 16.5 Å². The van der Waals surface area contributed by atoms with Crippen molar-refractivity contribution in [3.63, 3.8) is 0 Å². The monoisotopic (exact) mass is 282 g/mol. The van der Waals surface area contributed by atoms with Gasteiger partial charge in [-0.2, -0.15) is 0 Å². The van der Waals surface area contributed by atoms with Gasteiger partial charge in [0, 0.05) is 23.8 Å². The van der Waals surface area contributed by atoms with E-state index in [1.807, 2.05) is 43.5 Å². The highest BCUT2D eigenvalue weighted by atomic mass is 16.5. The van der Waals surface area contributed by atoms with Crippen LogP contribution in [0.2, 0.25) is 0 Å². The van der Waals surface area contributed by atoms with E-state index in [0.29, 0.717) is 12.1 Å². The van der Waals surface area contributed by atoms with Gasteiger partial charge in [0.25, 0.3) is 5.91 Å². The lowest BCUT2D eigenvalue weighted by molar-refractivity contribution is 0.0706. The zero-order valence-corrected chi connectivity index (χ0v) is 11.9. The van der Waals surface area contributed by atoms with Crippen LogP contribution in [0.5, 0.6) is 0 Å². The summed E-state index contributed by atoms with van der Waals surface area (Å²) in [5, 5.41) is 9.77. The number of nitrogens with one attached hydrogen (secondary N) is 1. The molecule has 4 heteroatoms. The van der Waals surface area contributed by atoms with Crippen LogP contribution in [0.1, 0.15) is 17.3 Å². The minimum absolute atomic E-state index is 0.422. The van der Waals surface area contributed by atoms with Gasteiger partial charge in [-0.15, -0.1) is 0 Å². The fraction of sp³-hybridized carbons (Fsp3) is 0.118. The number of fused-ring (bicyclic) bond motifs is 1. The summed E-state index contributed by atoms with van der Waals surface area (Å²) < 4.78 is 2.05. The van der Waals surface area contributed by atoms with Gasteiger partial charge in [-0.1, -0.05) is 36.9 Å². The van der Waals surface area contributed by atoms with Gasteiger partial charge in [0.1, 0.15) is 0 Å². The lowest BCUT2D eigenvalue weighted by Crippen LogP contribution is -2.18. The van der Waals surface area contributed by atoms with E-state index in [4.69, 9.17) is 5.21 Å². The quantitative estimate of drug-likeness (QED) is 0.501. The summed E-state index contributed by atoms with van der Waals surface area (Å²) in [5.41, 5.74) is 4.13. The lowest BCUT2D eigenvalue weighted by Gasteiger charge is -2.07. The third-order valence-electron chi connectivity index (χ3n) is 3.20. The first-order valence-corrected chi connectivity index (χ1v) is 6.67. The molecule has 0 bridgehead atoms. The third-order valence-corrected chi connectivity index (χ3v) is 3.20. The number of carbonyl (C=O) groups is 1. The molecule has 4 nitrogen and oxygen atoms in total. The Morgan fingerprint density at radius 1 is 1.43 bits per heavy atom. The lowest BCUT2D eigenvalue weighted by atomic mass is 10.1. The molecular weight excluding hydrogens is 264 g/mol. The molecule has 1 aromatic heterocycles. The van der Waals surface area contributed by atoms with Gasteiger partial charge < -0.3 is 4.57 Å². The number of aromatic nitrogens is 1. The number of hydrogen-bond donors (Lipinski definition) is 2. The Labute approximate surface area is 123 Å². The average Bonchev–Trinajstić information content (AvgIpc) is 2.89. The van der Waals surface area contributed by atoms with Crippen molar-refractivity contribution in [3.8, 4) is 0 Å². The van der Waals surface area contributed by atoms with Crippen molar-refractivity contribution in [1.82, 2.24) is 10.0 Å². The van der Waals surface area contributed by atoms with Crippen molar-refractivity contribution in [2.45, 2.75) is 13.5 Å². The Kier molecular flexibility index (Phi) is 4.74.